The van der Waals surface area contributed by atoms with E-state index in [1.54, 1.807) is 0 Å². The molecule has 1 aromatic rings. The molecule has 1 fully saturated rings. The van der Waals surface area contributed by atoms with Crippen molar-refractivity contribution >= 4 is 16.0 Å². The second-order valence-electron chi connectivity index (χ2n) is 4.87. The highest BCUT2D eigenvalue weighted by Gasteiger charge is 2.33. The number of ether oxygens (including phenoxy) is 1. The summed E-state index contributed by atoms with van der Waals surface area (Å²) in [6.45, 7) is 0.451. The third-order valence-electron chi connectivity index (χ3n) is 3.40. The van der Waals surface area contributed by atoms with Gasteiger partial charge in [-0.3, -0.25) is 0 Å². The first-order valence-corrected chi connectivity index (χ1v) is 7.94. The van der Waals surface area contributed by atoms with Gasteiger partial charge in [0.2, 0.25) is 10.0 Å². The standard InChI is InChI=1S/C13H17FN2O4S/c1-20-13(17)12-10(14)5-2-6-11(12)21(18,19)16-7-3-4-9(15)8-16/h2,5-6,9H,3-4,7-8,15H2,1H3. The quantitative estimate of drug-likeness (QED) is 0.830. The molecule has 21 heavy (non-hydrogen) atoms. The minimum atomic E-state index is -3.99. The zero-order valence-corrected chi connectivity index (χ0v) is 12.4. The Bertz CT molecular complexity index is 648. The summed E-state index contributed by atoms with van der Waals surface area (Å²) in [5.41, 5.74) is 5.21. The first-order valence-electron chi connectivity index (χ1n) is 6.50. The molecule has 1 heterocycles. The molecule has 0 spiro atoms. The van der Waals surface area contributed by atoms with Crippen LogP contribution in [0.15, 0.2) is 23.1 Å². The fourth-order valence-corrected chi connectivity index (χ4v) is 4.08. The van der Waals surface area contributed by atoms with E-state index >= 15 is 0 Å². The molecule has 2 N–H and O–H groups in total. The average molecular weight is 316 g/mol. The van der Waals surface area contributed by atoms with Gasteiger partial charge in [-0.2, -0.15) is 4.31 Å². The molecule has 116 valence electrons. The molecule has 0 aromatic heterocycles. The maximum Gasteiger partial charge on any atom is 0.342 e. The molecule has 1 aliphatic heterocycles. The molecule has 6 nitrogen and oxygen atoms in total. The zero-order chi connectivity index (χ0) is 15.6. The van der Waals surface area contributed by atoms with Gasteiger partial charge in [0.05, 0.1) is 12.0 Å². The summed E-state index contributed by atoms with van der Waals surface area (Å²) in [5, 5.41) is 0. The van der Waals surface area contributed by atoms with Crippen LogP contribution in [0.4, 0.5) is 4.39 Å². The minimum absolute atomic E-state index is 0.152. The number of carbonyl (C=O) groups is 1. The largest absolute Gasteiger partial charge is 0.465 e. The lowest BCUT2D eigenvalue weighted by Gasteiger charge is -2.30. The van der Waals surface area contributed by atoms with Crippen LogP contribution in [0, 0.1) is 5.82 Å². The highest BCUT2D eigenvalue weighted by atomic mass is 32.2. The molecule has 0 amide bonds. The number of sulfonamides is 1. The fraction of sp³-hybridized carbons (Fsp3) is 0.462. The number of nitrogens with two attached hydrogens (primary N) is 1. The maximum atomic E-state index is 13.9. The second-order valence-corrected chi connectivity index (χ2v) is 6.78. The van der Waals surface area contributed by atoms with E-state index in [0.717, 1.165) is 19.6 Å². The minimum Gasteiger partial charge on any atom is -0.465 e. The van der Waals surface area contributed by atoms with E-state index in [9.17, 15) is 17.6 Å². The van der Waals surface area contributed by atoms with Gasteiger partial charge in [0, 0.05) is 19.1 Å². The summed E-state index contributed by atoms with van der Waals surface area (Å²) in [6, 6.07) is 3.21. The number of carbonyl (C=O) groups excluding carboxylic acids is 1. The van der Waals surface area contributed by atoms with Crippen LogP contribution in [0.1, 0.15) is 23.2 Å². The van der Waals surface area contributed by atoms with Crippen molar-refractivity contribution in [3.63, 3.8) is 0 Å². The van der Waals surface area contributed by atoms with Crippen molar-refractivity contribution in [2.24, 2.45) is 5.73 Å². The van der Waals surface area contributed by atoms with Crippen molar-refractivity contribution in [3.05, 3.63) is 29.6 Å². The van der Waals surface area contributed by atoms with Crippen LogP contribution in [-0.2, 0) is 14.8 Å². The van der Waals surface area contributed by atoms with Gasteiger partial charge in [0.15, 0.2) is 0 Å². The average Bonchev–Trinajstić information content (AvgIpc) is 2.46. The number of hydrogen-bond donors (Lipinski definition) is 1. The van der Waals surface area contributed by atoms with Gasteiger partial charge >= 0.3 is 5.97 Å². The van der Waals surface area contributed by atoms with Crippen LogP contribution < -0.4 is 5.73 Å². The van der Waals surface area contributed by atoms with Crippen molar-refractivity contribution < 1.29 is 22.3 Å². The van der Waals surface area contributed by atoms with Crippen LogP contribution in [0.5, 0.6) is 0 Å². The Kier molecular flexibility index (Phi) is 4.60. The van der Waals surface area contributed by atoms with Crippen LogP contribution in [0.3, 0.4) is 0 Å². The van der Waals surface area contributed by atoms with Gasteiger partial charge in [0.1, 0.15) is 11.4 Å². The van der Waals surface area contributed by atoms with Crippen molar-refractivity contribution in [1.29, 1.82) is 0 Å². The smallest absolute Gasteiger partial charge is 0.342 e. The number of hydrogen-bond acceptors (Lipinski definition) is 5. The molecule has 0 radical (unpaired) electrons. The monoisotopic (exact) mass is 316 g/mol. The molecule has 2 rings (SSSR count). The zero-order valence-electron chi connectivity index (χ0n) is 11.6. The lowest BCUT2D eigenvalue weighted by Crippen LogP contribution is -2.45. The fourth-order valence-electron chi connectivity index (χ4n) is 2.35. The van der Waals surface area contributed by atoms with Gasteiger partial charge in [-0.05, 0) is 25.0 Å². The number of nitrogens with zero attached hydrogens (tertiary/aromatic N) is 1. The molecule has 1 aromatic carbocycles. The lowest BCUT2D eigenvalue weighted by molar-refractivity contribution is 0.0590. The third kappa shape index (κ3) is 3.07. The number of benzene rings is 1. The number of esters is 1. The summed E-state index contributed by atoms with van der Waals surface area (Å²) in [7, 11) is -2.92. The molecule has 1 aliphatic rings. The third-order valence-corrected chi connectivity index (χ3v) is 5.31. The molecule has 0 aliphatic carbocycles. The Morgan fingerprint density at radius 1 is 1.48 bits per heavy atom. The first kappa shape index (κ1) is 15.9. The lowest BCUT2D eigenvalue weighted by atomic mass is 10.1. The Morgan fingerprint density at radius 2 is 2.19 bits per heavy atom. The van der Waals surface area contributed by atoms with Crippen LogP contribution in [-0.4, -0.2) is 44.9 Å². The first-order chi connectivity index (χ1) is 9.87. The highest BCUT2D eigenvalue weighted by Crippen LogP contribution is 2.25. The predicted octanol–water partition coefficient (Wildman–Crippen LogP) is 0.724. The normalized spacial score (nSPS) is 20.2. The maximum absolute atomic E-state index is 13.9. The molecule has 0 bridgehead atoms. The number of halogens is 1. The van der Waals surface area contributed by atoms with Gasteiger partial charge in [-0.15, -0.1) is 0 Å². The van der Waals surface area contributed by atoms with E-state index < -0.39 is 27.4 Å². The van der Waals surface area contributed by atoms with Crippen LogP contribution in [0.25, 0.3) is 0 Å². The van der Waals surface area contributed by atoms with Crippen molar-refractivity contribution in [3.8, 4) is 0 Å². The van der Waals surface area contributed by atoms with E-state index in [-0.39, 0.29) is 17.5 Å². The molecule has 8 heteroatoms. The molecular weight excluding hydrogens is 299 g/mol. The van der Waals surface area contributed by atoms with Crippen LogP contribution in [0.2, 0.25) is 0 Å². The molecule has 1 atom stereocenters. The van der Waals surface area contributed by atoms with Crippen molar-refractivity contribution in [2.75, 3.05) is 20.2 Å². The molecule has 0 saturated carbocycles. The predicted molar refractivity (Wildman–Crippen MR) is 73.7 cm³/mol. The Morgan fingerprint density at radius 3 is 2.81 bits per heavy atom. The molecule has 1 unspecified atom stereocenters. The number of rotatable bonds is 3. The van der Waals surface area contributed by atoms with Gasteiger partial charge in [0.25, 0.3) is 0 Å². The summed E-state index contributed by atoms with van der Waals surface area (Å²) >= 11 is 0. The number of methoxy groups -OCH3 is 1. The Balaban J connectivity index is 2.50. The van der Waals surface area contributed by atoms with Crippen molar-refractivity contribution in [1.82, 2.24) is 4.31 Å². The number of piperidine rings is 1. The van der Waals surface area contributed by atoms with Gasteiger partial charge in [-0.1, -0.05) is 6.07 Å². The summed E-state index contributed by atoms with van der Waals surface area (Å²) in [5.74, 6) is -1.95. The van der Waals surface area contributed by atoms with E-state index in [1.165, 1.54) is 16.4 Å². The Labute approximate surface area is 122 Å². The molecular formula is C13H17FN2O4S. The van der Waals surface area contributed by atoms with Crippen LogP contribution >= 0.6 is 0 Å². The highest BCUT2D eigenvalue weighted by molar-refractivity contribution is 7.89. The Hall–Kier alpha value is -1.51. The van der Waals surface area contributed by atoms with Gasteiger partial charge in [-0.25, -0.2) is 17.6 Å². The van der Waals surface area contributed by atoms with E-state index in [1.807, 2.05) is 0 Å². The van der Waals surface area contributed by atoms with Gasteiger partial charge < -0.3 is 10.5 Å². The topological polar surface area (TPSA) is 89.7 Å². The summed E-state index contributed by atoms with van der Waals surface area (Å²) in [6.07, 6.45) is 1.36. The summed E-state index contributed by atoms with van der Waals surface area (Å²) < 4.78 is 44.8. The van der Waals surface area contributed by atoms with E-state index in [2.05, 4.69) is 4.74 Å². The van der Waals surface area contributed by atoms with Crippen molar-refractivity contribution in [2.45, 2.75) is 23.8 Å². The summed E-state index contributed by atoms with van der Waals surface area (Å²) in [4.78, 5) is 11.3. The second kappa shape index (κ2) is 6.08. The molecule has 1 saturated heterocycles. The SMILES string of the molecule is COC(=O)c1c(F)cccc1S(=O)(=O)N1CCCC(N)C1. The van der Waals surface area contributed by atoms with E-state index in [4.69, 9.17) is 5.73 Å². The van der Waals surface area contributed by atoms with E-state index in [0.29, 0.717) is 13.0 Å².